The van der Waals surface area contributed by atoms with Gasteiger partial charge in [0.1, 0.15) is 6.04 Å². The summed E-state index contributed by atoms with van der Waals surface area (Å²) in [6.45, 7) is 0. The average Bonchev–Trinajstić information content (AvgIpc) is 2.72. The first kappa shape index (κ1) is 20.5. The quantitative estimate of drug-likeness (QED) is 0.546. The normalized spacial score (nSPS) is 14.5. The Labute approximate surface area is 179 Å². The first-order valence-electron chi connectivity index (χ1n) is 10.3. The minimum atomic E-state index is -1.06. The highest BCUT2D eigenvalue weighted by atomic mass is 16.4. The van der Waals surface area contributed by atoms with Crippen molar-refractivity contribution in [1.29, 1.82) is 0 Å². The first-order valence-corrected chi connectivity index (χ1v) is 10.3. The Morgan fingerprint density at radius 1 is 1.03 bits per heavy atom. The lowest BCUT2D eigenvalue weighted by Crippen LogP contribution is -2.46. The van der Waals surface area contributed by atoms with Crippen LogP contribution in [0.3, 0.4) is 0 Å². The van der Waals surface area contributed by atoms with Crippen molar-refractivity contribution in [3.8, 4) is 0 Å². The number of rotatable bonds is 7. The van der Waals surface area contributed by atoms with E-state index in [1.54, 1.807) is 36.5 Å². The number of carboxylic acid groups (broad SMARTS) is 1. The number of hydrogen-bond acceptors (Lipinski definition) is 4. The van der Waals surface area contributed by atoms with Gasteiger partial charge in [-0.3, -0.25) is 14.6 Å². The molecule has 3 aromatic rings. The van der Waals surface area contributed by atoms with Crippen LogP contribution in [0.4, 0.5) is 5.69 Å². The number of para-hydroxylation sites is 1. The smallest absolute Gasteiger partial charge is 0.326 e. The third-order valence-electron chi connectivity index (χ3n) is 5.64. The molecule has 158 valence electrons. The minimum absolute atomic E-state index is 0.0660. The number of carbonyl (C=O) groups excluding carboxylic acids is 2. The zero-order chi connectivity index (χ0) is 21.8. The molecule has 0 aliphatic heterocycles. The van der Waals surface area contributed by atoms with E-state index in [0.717, 1.165) is 35.7 Å². The lowest BCUT2D eigenvalue weighted by Gasteiger charge is -2.26. The van der Waals surface area contributed by atoms with E-state index >= 15 is 0 Å². The van der Waals surface area contributed by atoms with Gasteiger partial charge in [-0.2, -0.15) is 0 Å². The van der Waals surface area contributed by atoms with Crippen molar-refractivity contribution in [2.45, 2.75) is 31.7 Å². The molecule has 2 amide bonds. The van der Waals surface area contributed by atoms with Crippen molar-refractivity contribution in [2.75, 3.05) is 5.32 Å². The molecule has 1 aromatic heterocycles. The summed E-state index contributed by atoms with van der Waals surface area (Å²) in [5.41, 5.74) is 2.63. The highest BCUT2D eigenvalue weighted by Crippen LogP contribution is 2.26. The van der Waals surface area contributed by atoms with Gasteiger partial charge in [-0.25, -0.2) is 4.79 Å². The zero-order valence-electron chi connectivity index (χ0n) is 16.9. The van der Waals surface area contributed by atoms with Crippen molar-refractivity contribution in [1.82, 2.24) is 10.3 Å². The zero-order valence-corrected chi connectivity index (χ0v) is 16.9. The lowest BCUT2D eigenvalue weighted by atomic mass is 9.84. The number of fused-ring (bicyclic) bond motifs is 1. The monoisotopic (exact) mass is 417 g/mol. The van der Waals surface area contributed by atoms with Crippen LogP contribution >= 0.6 is 0 Å². The number of nitrogens with one attached hydrogen (secondary N) is 2. The van der Waals surface area contributed by atoms with Crippen LogP contribution < -0.4 is 10.6 Å². The maximum absolute atomic E-state index is 12.7. The standard InChI is InChI=1S/C24H23N3O4/c28-22(16-4-3-5-16)27-21(24(30)31)14-15-8-10-17(11-9-15)26-23(29)19-12-13-25-20-7-2-1-6-18(19)20/h1-2,6-13,16,21H,3-5,14H2,(H,26,29)(H,27,28)(H,30,31)/t21-/m0/s1. The molecular formula is C24H23N3O4. The van der Waals surface area contributed by atoms with E-state index in [1.807, 2.05) is 24.3 Å². The van der Waals surface area contributed by atoms with E-state index in [9.17, 15) is 19.5 Å². The van der Waals surface area contributed by atoms with E-state index < -0.39 is 12.0 Å². The van der Waals surface area contributed by atoms with Gasteiger partial charge in [-0.15, -0.1) is 0 Å². The van der Waals surface area contributed by atoms with Crippen LogP contribution in [-0.2, 0) is 16.0 Å². The van der Waals surface area contributed by atoms with Gasteiger partial charge < -0.3 is 15.7 Å². The Kier molecular flexibility index (Phi) is 5.93. The minimum Gasteiger partial charge on any atom is -0.480 e. The van der Waals surface area contributed by atoms with Crippen molar-refractivity contribution >= 4 is 34.4 Å². The van der Waals surface area contributed by atoms with Crippen molar-refractivity contribution in [2.24, 2.45) is 5.92 Å². The van der Waals surface area contributed by atoms with Crippen molar-refractivity contribution in [3.63, 3.8) is 0 Å². The third-order valence-corrected chi connectivity index (χ3v) is 5.64. The highest BCUT2D eigenvalue weighted by Gasteiger charge is 2.29. The molecule has 1 aliphatic carbocycles. The molecule has 31 heavy (non-hydrogen) atoms. The van der Waals surface area contributed by atoms with E-state index in [-0.39, 0.29) is 24.2 Å². The molecule has 0 unspecified atom stereocenters. The molecule has 1 fully saturated rings. The number of carbonyl (C=O) groups is 3. The molecule has 0 saturated heterocycles. The number of aromatic nitrogens is 1. The van der Waals surface area contributed by atoms with Gasteiger partial charge in [0.25, 0.3) is 5.91 Å². The molecule has 3 N–H and O–H groups in total. The molecule has 7 nitrogen and oxygen atoms in total. The van der Waals surface area contributed by atoms with Crippen LogP contribution in [0.2, 0.25) is 0 Å². The predicted molar refractivity (Wildman–Crippen MR) is 117 cm³/mol. The molecular weight excluding hydrogens is 394 g/mol. The number of anilines is 1. The van der Waals surface area contributed by atoms with Crippen LogP contribution in [0.5, 0.6) is 0 Å². The summed E-state index contributed by atoms with van der Waals surface area (Å²) < 4.78 is 0. The largest absolute Gasteiger partial charge is 0.480 e. The van der Waals surface area contributed by atoms with Gasteiger partial charge in [0.05, 0.1) is 11.1 Å². The maximum Gasteiger partial charge on any atom is 0.326 e. The van der Waals surface area contributed by atoms with E-state index in [2.05, 4.69) is 15.6 Å². The van der Waals surface area contributed by atoms with E-state index in [4.69, 9.17) is 0 Å². The molecule has 1 saturated carbocycles. The predicted octanol–water partition coefficient (Wildman–Crippen LogP) is 3.40. The molecule has 0 bridgehead atoms. The van der Waals surface area contributed by atoms with Crippen molar-refractivity contribution in [3.05, 3.63) is 71.9 Å². The Bertz CT molecular complexity index is 1120. The Morgan fingerprint density at radius 3 is 2.45 bits per heavy atom. The SMILES string of the molecule is O=C(Nc1ccc(C[C@H](NC(=O)C2CCC2)C(=O)O)cc1)c1ccnc2ccccc12. The fraction of sp³-hybridized carbons (Fsp3) is 0.250. The number of aliphatic carboxylic acids is 1. The fourth-order valence-electron chi connectivity index (χ4n) is 3.61. The fourth-order valence-corrected chi connectivity index (χ4v) is 3.61. The van der Waals surface area contributed by atoms with Gasteiger partial charge in [0.15, 0.2) is 0 Å². The number of hydrogen-bond donors (Lipinski definition) is 3. The third kappa shape index (κ3) is 4.71. The summed E-state index contributed by atoms with van der Waals surface area (Å²) in [6, 6.07) is 15.1. The van der Waals surface area contributed by atoms with E-state index in [0.29, 0.717) is 11.3 Å². The number of pyridine rings is 1. The number of nitrogens with zero attached hydrogens (tertiary/aromatic N) is 1. The van der Waals surface area contributed by atoms with Crippen LogP contribution in [0.1, 0.15) is 35.2 Å². The molecule has 0 radical (unpaired) electrons. The Morgan fingerprint density at radius 2 is 1.77 bits per heavy atom. The number of benzene rings is 2. The van der Waals surface area contributed by atoms with Gasteiger partial charge >= 0.3 is 5.97 Å². The Hall–Kier alpha value is -3.74. The molecule has 1 aliphatic rings. The summed E-state index contributed by atoms with van der Waals surface area (Å²) in [5.74, 6) is -1.56. The van der Waals surface area contributed by atoms with Crippen LogP contribution in [0.25, 0.3) is 10.9 Å². The summed E-state index contributed by atoms with van der Waals surface area (Å²) in [6.07, 6.45) is 4.43. The Balaban J connectivity index is 1.42. The molecule has 4 rings (SSSR count). The average molecular weight is 417 g/mol. The van der Waals surface area contributed by atoms with Gasteiger partial charge in [0.2, 0.25) is 5.91 Å². The number of carboxylic acids is 1. The maximum atomic E-state index is 12.7. The van der Waals surface area contributed by atoms with Crippen LogP contribution in [0, 0.1) is 5.92 Å². The molecule has 2 aromatic carbocycles. The van der Waals surface area contributed by atoms with Gasteiger partial charge in [0, 0.05) is 29.6 Å². The molecule has 7 heteroatoms. The van der Waals surface area contributed by atoms with E-state index in [1.165, 1.54) is 0 Å². The number of amides is 2. The summed E-state index contributed by atoms with van der Waals surface area (Å²) in [5, 5.41) is 15.7. The lowest BCUT2D eigenvalue weighted by molar-refractivity contribution is -0.143. The van der Waals surface area contributed by atoms with Crippen molar-refractivity contribution < 1.29 is 19.5 Å². The van der Waals surface area contributed by atoms with Crippen LogP contribution in [-0.4, -0.2) is 33.9 Å². The molecule has 0 spiro atoms. The molecule has 1 atom stereocenters. The summed E-state index contributed by atoms with van der Waals surface area (Å²) >= 11 is 0. The second kappa shape index (κ2) is 8.95. The molecule has 1 heterocycles. The van der Waals surface area contributed by atoms with Crippen LogP contribution in [0.15, 0.2) is 60.8 Å². The summed E-state index contributed by atoms with van der Waals surface area (Å²) in [4.78, 5) is 40.7. The second-order valence-electron chi connectivity index (χ2n) is 7.76. The van der Waals surface area contributed by atoms with Gasteiger partial charge in [-0.1, -0.05) is 36.8 Å². The first-order chi connectivity index (χ1) is 15.0. The van der Waals surface area contributed by atoms with Gasteiger partial charge in [-0.05, 0) is 42.7 Å². The highest BCUT2D eigenvalue weighted by molar-refractivity contribution is 6.12. The summed E-state index contributed by atoms with van der Waals surface area (Å²) in [7, 11) is 0. The second-order valence-corrected chi connectivity index (χ2v) is 7.76. The topological polar surface area (TPSA) is 108 Å².